The van der Waals surface area contributed by atoms with Crippen LogP contribution in [0.2, 0.25) is 0 Å². The minimum absolute atomic E-state index is 0.0162. The molecule has 1 N–H and O–H groups in total. The van der Waals surface area contributed by atoms with Gasteiger partial charge in [0, 0.05) is 38.8 Å². The number of aromatic nitrogens is 1. The molecule has 1 fully saturated rings. The molecule has 0 aliphatic carbocycles. The Bertz CT molecular complexity index is 484. The molecule has 2 amide bonds. The highest BCUT2D eigenvalue weighted by Gasteiger charge is 2.25. The molecule has 0 spiro atoms. The molecule has 0 aromatic carbocycles. The summed E-state index contributed by atoms with van der Waals surface area (Å²) in [5, 5.41) is 2.71. The minimum atomic E-state index is -0.459. The summed E-state index contributed by atoms with van der Waals surface area (Å²) in [7, 11) is 0. The topological polar surface area (TPSA) is 65.5 Å². The van der Waals surface area contributed by atoms with Crippen molar-refractivity contribution < 1.29 is 9.59 Å². The van der Waals surface area contributed by atoms with Gasteiger partial charge in [-0.1, -0.05) is 13.0 Å². The van der Waals surface area contributed by atoms with Crippen molar-refractivity contribution >= 4 is 17.6 Å². The lowest BCUT2D eigenvalue weighted by molar-refractivity contribution is -0.136. The van der Waals surface area contributed by atoms with Crippen molar-refractivity contribution in [2.75, 3.05) is 31.1 Å². The molecule has 6 nitrogen and oxygen atoms in total. The fraction of sp³-hybridized carbons (Fsp3) is 0.533. The summed E-state index contributed by atoms with van der Waals surface area (Å²) in [4.78, 5) is 31.9. The Morgan fingerprint density at radius 1 is 1.29 bits per heavy atom. The Morgan fingerprint density at radius 2 is 2.00 bits per heavy atom. The van der Waals surface area contributed by atoms with Crippen molar-refractivity contribution in [1.29, 1.82) is 0 Å². The van der Waals surface area contributed by atoms with Crippen LogP contribution in [0.15, 0.2) is 24.4 Å². The average molecular weight is 290 g/mol. The zero-order valence-corrected chi connectivity index (χ0v) is 12.6. The largest absolute Gasteiger partial charge is 0.353 e. The molecule has 1 aromatic heterocycles. The van der Waals surface area contributed by atoms with Gasteiger partial charge >= 0.3 is 0 Å². The van der Waals surface area contributed by atoms with Crippen LogP contribution in [0, 0.1) is 0 Å². The smallest absolute Gasteiger partial charge is 0.244 e. The minimum Gasteiger partial charge on any atom is -0.353 e. The summed E-state index contributed by atoms with van der Waals surface area (Å²) in [5.74, 6) is 0.831. The maximum absolute atomic E-state index is 12.3. The van der Waals surface area contributed by atoms with Gasteiger partial charge in [0.05, 0.1) is 0 Å². The maximum atomic E-state index is 12.3. The highest BCUT2D eigenvalue weighted by molar-refractivity contribution is 5.87. The van der Waals surface area contributed by atoms with Crippen molar-refractivity contribution in [2.24, 2.45) is 0 Å². The van der Waals surface area contributed by atoms with Gasteiger partial charge in [-0.25, -0.2) is 4.98 Å². The molecule has 114 valence electrons. The number of rotatable bonds is 4. The van der Waals surface area contributed by atoms with Gasteiger partial charge < -0.3 is 15.1 Å². The van der Waals surface area contributed by atoms with E-state index in [4.69, 9.17) is 0 Å². The maximum Gasteiger partial charge on any atom is 0.244 e. The fourth-order valence-corrected chi connectivity index (χ4v) is 2.38. The number of hydrogen-bond donors (Lipinski definition) is 1. The van der Waals surface area contributed by atoms with Gasteiger partial charge in [-0.3, -0.25) is 9.59 Å². The van der Waals surface area contributed by atoms with E-state index >= 15 is 0 Å². The molecule has 1 aromatic rings. The predicted molar refractivity (Wildman–Crippen MR) is 80.9 cm³/mol. The molecule has 0 bridgehead atoms. The van der Waals surface area contributed by atoms with E-state index in [2.05, 4.69) is 15.2 Å². The number of nitrogens with one attached hydrogen (secondary N) is 1. The molecule has 21 heavy (non-hydrogen) atoms. The number of carbonyl (C=O) groups excluding carboxylic acids is 2. The van der Waals surface area contributed by atoms with Crippen molar-refractivity contribution in [3.05, 3.63) is 24.4 Å². The highest BCUT2D eigenvalue weighted by Crippen LogP contribution is 2.13. The van der Waals surface area contributed by atoms with E-state index in [9.17, 15) is 9.59 Å². The second-order valence-corrected chi connectivity index (χ2v) is 5.14. The molecule has 0 saturated carbocycles. The standard InChI is InChI=1S/C15H22N4O2/c1-3-14(20)17-12(2)15(21)19-10-8-18(9-11-19)13-6-4-5-7-16-13/h4-7,12H,3,8-11H2,1-2H3,(H,17,20). The van der Waals surface area contributed by atoms with Gasteiger partial charge in [-0.2, -0.15) is 0 Å². The molecule has 1 aliphatic rings. The third kappa shape index (κ3) is 3.93. The summed E-state index contributed by atoms with van der Waals surface area (Å²) < 4.78 is 0. The predicted octanol–water partition coefficient (Wildman–Crippen LogP) is 0.645. The zero-order chi connectivity index (χ0) is 15.2. The Labute approximate surface area is 125 Å². The van der Waals surface area contributed by atoms with Crippen LogP contribution in [-0.4, -0.2) is 53.9 Å². The van der Waals surface area contributed by atoms with Gasteiger partial charge in [0.15, 0.2) is 0 Å². The summed E-state index contributed by atoms with van der Waals surface area (Å²) in [6.07, 6.45) is 2.17. The first kappa shape index (κ1) is 15.3. The molecule has 1 atom stereocenters. The normalized spacial score (nSPS) is 16.5. The molecular weight excluding hydrogens is 268 g/mol. The van der Waals surface area contributed by atoms with Gasteiger partial charge in [0.25, 0.3) is 0 Å². The second kappa shape index (κ2) is 7.06. The van der Waals surface area contributed by atoms with Gasteiger partial charge in [-0.15, -0.1) is 0 Å². The first-order valence-electron chi connectivity index (χ1n) is 7.36. The third-order valence-electron chi connectivity index (χ3n) is 3.63. The highest BCUT2D eigenvalue weighted by atomic mass is 16.2. The van der Waals surface area contributed by atoms with Crippen LogP contribution in [-0.2, 0) is 9.59 Å². The van der Waals surface area contributed by atoms with Crippen LogP contribution >= 0.6 is 0 Å². The van der Waals surface area contributed by atoms with E-state index in [0.717, 1.165) is 18.9 Å². The van der Waals surface area contributed by atoms with Gasteiger partial charge in [0.1, 0.15) is 11.9 Å². The summed E-state index contributed by atoms with van der Waals surface area (Å²) in [5.41, 5.74) is 0. The Kier molecular flexibility index (Phi) is 5.14. The van der Waals surface area contributed by atoms with E-state index in [1.807, 2.05) is 18.2 Å². The van der Waals surface area contributed by atoms with Crippen LogP contribution in [0.4, 0.5) is 5.82 Å². The molecule has 1 saturated heterocycles. The lowest BCUT2D eigenvalue weighted by Gasteiger charge is -2.36. The number of piperazine rings is 1. The van der Waals surface area contributed by atoms with Crippen LogP contribution in [0.3, 0.4) is 0 Å². The molecule has 6 heteroatoms. The number of anilines is 1. The van der Waals surface area contributed by atoms with Crippen molar-refractivity contribution in [2.45, 2.75) is 26.3 Å². The van der Waals surface area contributed by atoms with Crippen LogP contribution in [0.25, 0.3) is 0 Å². The first-order valence-corrected chi connectivity index (χ1v) is 7.36. The molecule has 2 heterocycles. The quantitative estimate of drug-likeness (QED) is 0.884. The van der Waals surface area contributed by atoms with Crippen LogP contribution < -0.4 is 10.2 Å². The van der Waals surface area contributed by atoms with Crippen molar-refractivity contribution in [3.63, 3.8) is 0 Å². The second-order valence-electron chi connectivity index (χ2n) is 5.14. The van der Waals surface area contributed by atoms with E-state index in [0.29, 0.717) is 19.5 Å². The lowest BCUT2D eigenvalue weighted by Crippen LogP contribution is -2.54. The molecule has 1 unspecified atom stereocenters. The van der Waals surface area contributed by atoms with Gasteiger partial charge in [0.2, 0.25) is 11.8 Å². The molecule has 0 radical (unpaired) electrons. The van der Waals surface area contributed by atoms with E-state index in [-0.39, 0.29) is 11.8 Å². The van der Waals surface area contributed by atoms with Crippen molar-refractivity contribution in [1.82, 2.24) is 15.2 Å². The average Bonchev–Trinajstić information content (AvgIpc) is 2.55. The van der Waals surface area contributed by atoms with Crippen LogP contribution in [0.1, 0.15) is 20.3 Å². The van der Waals surface area contributed by atoms with Crippen LogP contribution in [0.5, 0.6) is 0 Å². The van der Waals surface area contributed by atoms with E-state index in [1.54, 1.807) is 24.9 Å². The fourth-order valence-electron chi connectivity index (χ4n) is 2.38. The number of carbonyl (C=O) groups is 2. The summed E-state index contributed by atoms with van der Waals surface area (Å²) in [6, 6.07) is 5.37. The Balaban J connectivity index is 1.86. The van der Waals surface area contributed by atoms with E-state index < -0.39 is 6.04 Å². The Hall–Kier alpha value is -2.11. The third-order valence-corrected chi connectivity index (χ3v) is 3.63. The zero-order valence-electron chi connectivity index (χ0n) is 12.6. The van der Waals surface area contributed by atoms with E-state index in [1.165, 1.54) is 0 Å². The number of nitrogens with zero attached hydrogens (tertiary/aromatic N) is 3. The molecular formula is C15H22N4O2. The first-order chi connectivity index (χ1) is 10.1. The van der Waals surface area contributed by atoms with Crippen molar-refractivity contribution in [3.8, 4) is 0 Å². The number of hydrogen-bond acceptors (Lipinski definition) is 4. The lowest BCUT2D eigenvalue weighted by atomic mass is 10.2. The Morgan fingerprint density at radius 3 is 2.57 bits per heavy atom. The molecule has 2 rings (SSSR count). The summed E-state index contributed by atoms with van der Waals surface area (Å²) in [6.45, 7) is 6.34. The van der Waals surface area contributed by atoms with Gasteiger partial charge in [-0.05, 0) is 19.1 Å². The molecule has 1 aliphatic heterocycles. The monoisotopic (exact) mass is 290 g/mol. The number of amides is 2. The SMILES string of the molecule is CCC(=O)NC(C)C(=O)N1CCN(c2ccccn2)CC1. The summed E-state index contributed by atoms with van der Waals surface area (Å²) >= 11 is 0. The number of pyridine rings is 1.